The van der Waals surface area contributed by atoms with Crippen LogP contribution in [0.2, 0.25) is 0 Å². The van der Waals surface area contributed by atoms with Crippen molar-refractivity contribution in [2.45, 2.75) is 69.7 Å². The number of hydrogen-bond acceptors (Lipinski definition) is 6. The molecule has 206 valence electrons. The molecular weight excluding hydrogens is 506 g/mol. The van der Waals surface area contributed by atoms with Crippen molar-refractivity contribution in [1.82, 2.24) is 30.4 Å². The second-order valence-corrected chi connectivity index (χ2v) is 10.1. The standard InChI is InChI=1S/C28H32F2N6O3/c29-21-12-8-19(9-13-21)26(28(38)31-23-5-2-1-3-6-23)35(17-24-7-4-16-39-24)25(37)18-36-33-27(32-34-36)20-10-14-22(30)15-11-20/h8-15,23-24,26H,1-7,16-18H2,(H,31,38)/t24-,26-/m1/s1. The van der Waals surface area contributed by atoms with Gasteiger partial charge in [-0.2, -0.15) is 4.80 Å². The highest BCUT2D eigenvalue weighted by molar-refractivity contribution is 5.89. The van der Waals surface area contributed by atoms with Crippen molar-refractivity contribution in [3.05, 3.63) is 65.7 Å². The Balaban J connectivity index is 1.41. The van der Waals surface area contributed by atoms with E-state index < -0.39 is 17.8 Å². The van der Waals surface area contributed by atoms with Crippen LogP contribution in [0, 0.1) is 11.6 Å². The highest BCUT2D eigenvalue weighted by Gasteiger charge is 2.35. The molecule has 3 aromatic rings. The van der Waals surface area contributed by atoms with Gasteiger partial charge in [-0.1, -0.05) is 31.4 Å². The summed E-state index contributed by atoms with van der Waals surface area (Å²) in [5, 5.41) is 15.4. The molecule has 1 aliphatic carbocycles. The maximum absolute atomic E-state index is 13.8. The minimum Gasteiger partial charge on any atom is -0.376 e. The summed E-state index contributed by atoms with van der Waals surface area (Å²) in [7, 11) is 0. The monoisotopic (exact) mass is 538 g/mol. The van der Waals surface area contributed by atoms with Crippen LogP contribution < -0.4 is 5.32 Å². The second-order valence-electron chi connectivity index (χ2n) is 10.1. The molecule has 2 amide bonds. The van der Waals surface area contributed by atoms with Gasteiger partial charge >= 0.3 is 0 Å². The van der Waals surface area contributed by atoms with E-state index in [1.54, 1.807) is 0 Å². The van der Waals surface area contributed by atoms with Gasteiger partial charge in [-0.3, -0.25) is 9.59 Å². The number of nitrogens with one attached hydrogen (secondary N) is 1. The van der Waals surface area contributed by atoms with Crippen molar-refractivity contribution in [3.63, 3.8) is 0 Å². The zero-order valence-corrected chi connectivity index (χ0v) is 21.6. The van der Waals surface area contributed by atoms with Gasteiger partial charge in [0.1, 0.15) is 24.2 Å². The molecule has 2 heterocycles. The number of halogens is 2. The minimum atomic E-state index is -0.982. The molecule has 2 aliphatic rings. The summed E-state index contributed by atoms with van der Waals surface area (Å²) in [6.45, 7) is 0.516. The van der Waals surface area contributed by atoms with E-state index in [-0.39, 0.29) is 42.8 Å². The summed E-state index contributed by atoms with van der Waals surface area (Å²) >= 11 is 0. The molecule has 39 heavy (non-hydrogen) atoms. The lowest BCUT2D eigenvalue weighted by Crippen LogP contribution is -2.50. The van der Waals surface area contributed by atoms with Gasteiger partial charge in [-0.05, 0) is 72.9 Å². The average molecular weight is 539 g/mol. The van der Waals surface area contributed by atoms with Crippen molar-refractivity contribution in [2.75, 3.05) is 13.2 Å². The lowest BCUT2D eigenvalue weighted by Gasteiger charge is -2.34. The lowest BCUT2D eigenvalue weighted by atomic mass is 9.94. The molecule has 11 heteroatoms. The van der Waals surface area contributed by atoms with E-state index in [4.69, 9.17) is 4.74 Å². The quantitative estimate of drug-likeness (QED) is 0.445. The molecule has 0 unspecified atom stereocenters. The van der Waals surface area contributed by atoms with Gasteiger partial charge in [0.25, 0.3) is 0 Å². The SMILES string of the molecule is O=C(NC1CCCCC1)[C@@H](c1ccc(F)cc1)N(C[C@H]1CCCO1)C(=O)Cn1nnc(-c2ccc(F)cc2)n1. The molecule has 1 saturated carbocycles. The highest BCUT2D eigenvalue weighted by Crippen LogP contribution is 2.27. The third-order valence-electron chi connectivity index (χ3n) is 7.27. The summed E-state index contributed by atoms with van der Waals surface area (Å²) in [6, 6.07) is 10.4. The van der Waals surface area contributed by atoms with Crippen LogP contribution in [0.4, 0.5) is 8.78 Å². The molecule has 2 fully saturated rings. The average Bonchev–Trinajstić information content (AvgIpc) is 3.63. The van der Waals surface area contributed by atoms with Crippen LogP contribution in [0.5, 0.6) is 0 Å². The summed E-state index contributed by atoms with van der Waals surface area (Å²) in [4.78, 5) is 30.2. The number of rotatable bonds is 9. The number of carbonyl (C=O) groups excluding carboxylic acids is 2. The molecule has 0 bridgehead atoms. The first-order valence-corrected chi connectivity index (χ1v) is 13.5. The minimum absolute atomic E-state index is 0.0316. The van der Waals surface area contributed by atoms with Crippen molar-refractivity contribution in [1.29, 1.82) is 0 Å². The molecule has 2 atom stereocenters. The Bertz CT molecular complexity index is 1260. The molecular formula is C28H32F2N6O3. The van der Waals surface area contributed by atoms with Gasteiger partial charge in [0.15, 0.2) is 0 Å². The van der Waals surface area contributed by atoms with Gasteiger partial charge < -0.3 is 15.0 Å². The Hall–Kier alpha value is -3.73. The van der Waals surface area contributed by atoms with Crippen LogP contribution in [0.25, 0.3) is 11.4 Å². The van der Waals surface area contributed by atoms with Crippen molar-refractivity contribution in [2.24, 2.45) is 0 Å². The first-order valence-electron chi connectivity index (χ1n) is 13.5. The number of amides is 2. The molecule has 9 nitrogen and oxygen atoms in total. The number of nitrogens with zero attached hydrogens (tertiary/aromatic N) is 5. The fraction of sp³-hybridized carbons (Fsp3) is 0.464. The molecule has 0 radical (unpaired) electrons. The van der Waals surface area contributed by atoms with E-state index in [9.17, 15) is 18.4 Å². The Kier molecular flexibility index (Phi) is 8.55. The Morgan fingerprint density at radius 1 is 0.974 bits per heavy atom. The van der Waals surface area contributed by atoms with Crippen LogP contribution in [0.1, 0.15) is 56.6 Å². The molecule has 1 saturated heterocycles. The van der Waals surface area contributed by atoms with E-state index in [0.717, 1.165) is 49.7 Å². The summed E-state index contributed by atoms with van der Waals surface area (Å²) in [5.41, 5.74) is 1.07. The van der Waals surface area contributed by atoms with Crippen molar-refractivity contribution in [3.8, 4) is 11.4 Å². The molecule has 1 N–H and O–H groups in total. The number of aromatic nitrogens is 4. The number of benzene rings is 2. The number of carbonyl (C=O) groups is 2. The highest BCUT2D eigenvalue weighted by atomic mass is 19.1. The van der Waals surface area contributed by atoms with Gasteiger partial charge in [0, 0.05) is 24.8 Å². The van der Waals surface area contributed by atoms with Crippen LogP contribution >= 0.6 is 0 Å². The first kappa shape index (κ1) is 26.9. The summed E-state index contributed by atoms with van der Waals surface area (Å²) in [6.07, 6.45) is 6.40. The number of ether oxygens (including phenoxy) is 1. The molecule has 2 aromatic carbocycles. The zero-order valence-electron chi connectivity index (χ0n) is 21.6. The van der Waals surface area contributed by atoms with E-state index in [1.165, 1.54) is 53.4 Å². The second kappa shape index (κ2) is 12.4. The number of tetrazole rings is 1. The Morgan fingerprint density at radius 3 is 2.33 bits per heavy atom. The zero-order chi connectivity index (χ0) is 27.2. The fourth-order valence-corrected chi connectivity index (χ4v) is 5.24. The summed E-state index contributed by atoms with van der Waals surface area (Å²) in [5.74, 6) is -1.27. The van der Waals surface area contributed by atoms with Crippen LogP contribution in [0.3, 0.4) is 0 Å². The fourth-order valence-electron chi connectivity index (χ4n) is 5.24. The van der Waals surface area contributed by atoms with Gasteiger partial charge in [0.05, 0.1) is 6.10 Å². The molecule has 0 spiro atoms. The van der Waals surface area contributed by atoms with Crippen molar-refractivity contribution < 1.29 is 23.1 Å². The number of hydrogen-bond donors (Lipinski definition) is 1. The van der Waals surface area contributed by atoms with E-state index >= 15 is 0 Å². The normalized spacial score (nSPS) is 18.6. The van der Waals surface area contributed by atoms with E-state index in [0.29, 0.717) is 17.7 Å². The first-order chi connectivity index (χ1) is 19.0. The Morgan fingerprint density at radius 2 is 1.67 bits per heavy atom. The van der Waals surface area contributed by atoms with E-state index in [2.05, 4.69) is 20.7 Å². The Labute approximate surface area is 225 Å². The molecule has 5 rings (SSSR count). The van der Waals surface area contributed by atoms with Crippen LogP contribution in [0.15, 0.2) is 48.5 Å². The summed E-state index contributed by atoms with van der Waals surface area (Å²) < 4.78 is 32.9. The molecule has 1 aromatic heterocycles. The smallest absolute Gasteiger partial charge is 0.247 e. The topological polar surface area (TPSA) is 102 Å². The van der Waals surface area contributed by atoms with E-state index in [1.807, 2.05) is 0 Å². The van der Waals surface area contributed by atoms with Gasteiger partial charge in [-0.25, -0.2) is 8.78 Å². The van der Waals surface area contributed by atoms with Crippen LogP contribution in [-0.2, 0) is 20.9 Å². The predicted octanol–water partition coefficient (Wildman–Crippen LogP) is 3.82. The van der Waals surface area contributed by atoms with Gasteiger partial charge in [0.2, 0.25) is 17.6 Å². The van der Waals surface area contributed by atoms with Crippen molar-refractivity contribution >= 4 is 11.8 Å². The lowest BCUT2D eigenvalue weighted by molar-refractivity contribution is -0.143. The largest absolute Gasteiger partial charge is 0.376 e. The predicted molar refractivity (Wildman–Crippen MR) is 138 cm³/mol. The molecule has 1 aliphatic heterocycles. The maximum atomic E-state index is 13.8. The third kappa shape index (κ3) is 6.83. The maximum Gasteiger partial charge on any atom is 0.247 e. The van der Waals surface area contributed by atoms with Crippen LogP contribution in [-0.4, -0.2) is 62.2 Å². The third-order valence-corrected chi connectivity index (χ3v) is 7.27. The van der Waals surface area contributed by atoms with Gasteiger partial charge in [-0.15, -0.1) is 10.2 Å².